The van der Waals surface area contributed by atoms with E-state index in [1.807, 2.05) is 0 Å². The van der Waals surface area contributed by atoms with Crippen LogP contribution in [0.4, 0.5) is 4.79 Å². The second-order valence-electron chi connectivity index (χ2n) is 1.79. The van der Waals surface area contributed by atoms with Crippen molar-refractivity contribution in [2.45, 2.75) is 6.82 Å². The minimum atomic E-state index is -0.751. The molecule has 52 valence electrons. The molecule has 0 heterocycles. The van der Waals surface area contributed by atoms with Gasteiger partial charge in [0, 0.05) is 0 Å². The molecule has 0 saturated heterocycles. The standard InChI is InChI=1S/C4H8B2N2O2/c1-3(7-4(5)9)8-6(2)10/h8,10H,1H2,2H3,(H,7,9). The number of carbonyl (C=O) groups excluding carboxylic acids is 1. The van der Waals surface area contributed by atoms with E-state index >= 15 is 0 Å². The van der Waals surface area contributed by atoms with Crippen LogP contribution in [-0.2, 0) is 0 Å². The third-order valence-electron chi connectivity index (χ3n) is 0.657. The maximum Gasteiger partial charge on any atom is 0.407 e. The Morgan fingerprint density at radius 2 is 2.30 bits per heavy atom. The van der Waals surface area contributed by atoms with E-state index in [9.17, 15) is 4.79 Å². The highest BCUT2D eigenvalue weighted by molar-refractivity contribution is 6.57. The molecule has 0 rings (SSSR count). The molecule has 4 nitrogen and oxygen atoms in total. The lowest BCUT2D eigenvalue weighted by molar-refractivity contribution is 0.261. The van der Waals surface area contributed by atoms with Gasteiger partial charge in [0.1, 0.15) is 0 Å². The predicted octanol–water partition coefficient (Wildman–Crippen LogP) is -0.964. The van der Waals surface area contributed by atoms with E-state index < -0.39 is 12.9 Å². The average Bonchev–Trinajstić information content (AvgIpc) is 1.58. The molecule has 10 heavy (non-hydrogen) atoms. The summed E-state index contributed by atoms with van der Waals surface area (Å²) in [7, 11) is 3.99. The molecule has 6 heteroatoms. The number of rotatable bonds is 3. The molecule has 0 saturated carbocycles. The van der Waals surface area contributed by atoms with Crippen LogP contribution in [0.25, 0.3) is 0 Å². The van der Waals surface area contributed by atoms with Crippen molar-refractivity contribution in [1.82, 2.24) is 10.5 Å². The third-order valence-corrected chi connectivity index (χ3v) is 0.657. The minimum absolute atomic E-state index is 0.183. The zero-order valence-corrected chi connectivity index (χ0v) is 5.72. The molecule has 0 aromatic heterocycles. The Hall–Kier alpha value is -0.900. The van der Waals surface area contributed by atoms with Gasteiger partial charge in [0.15, 0.2) is 5.81 Å². The normalized spacial score (nSPS) is 8.20. The Morgan fingerprint density at radius 3 is 2.60 bits per heavy atom. The lowest BCUT2D eigenvalue weighted by Crippen LogP contribution is -2.37. The van der Waals surface area contributed by atoms with E-state index in [1.165, 1.54) is 6.82 Å². The quantitative estimate of drug-likeness (QED) is 0.439. The van der Waals surface area contributed by atoms with Gasteiger partial charge in [-0.15, -0.1) is 0 Å². The summed E-state index contributed by atoms with van der Waals surface area (Å²) in [5.41, 5.74) is 0. The molecule has 0 aliphatic heterocycles. The molecular weight excluding hydrogens is 130 g/mol. The van der Waals surface area contributed by atoms with E-state index in [-0.39, 0.29) is 5.82 Å². The van der Waals surface area contributed by atoms with Gasteiger partial charge in [0.05, 0.1) is 5.82 Å². The lowest BCUT2D eigenvalue weighted by Gasteiger charge is -2.08. The molecule has 2 radical (unpaired) electrons. The molecule has 0 aliphatic rings. The molecule has 0 spiro atoms. The third kappa shape index (κ3) is 5.24. The average molecular weight is 138 g/mol. The van der Waals surface area contributed by atoms with Gasteiger partial charge in [0.2, 0.25) is 7.85 Å². The van der Waals surface area contributed by atoms with E-state index in [0.717, 1.165) is 0 Å². The van der Waals surface area contributed by atoms with E-state index in [4.69, 9.17) is 12.9 Å². The van der Waals surface area contributed by atoms with Crippen molar-refractivity contribution in [1.29, 1.82) is 0 Å². The Kier molecular flexibility index (Phi) is 3.64. The van der Waals surface area contributed by atoms with Gasteiger partial charge in [-0.25, -0.2) is 0 Å². The minimum Gasteiger partial charge on any atom is -0.433 e. The Labute approximate surface area is 61.2 Å². The maximum absolute atomic E-state index is 10.1. The monoisotopic (exact) mass is 138 g/mol. The molecule has 0 bridgehead atoms. The van der Waals surface area contributed by atoms with Gasteiger partial charge in [0.25, 0.3) is 0 Å². The molecule has 3 N–H and O–H groups in total. The number of amides is 1. The maximum atomic E-state index is 10.1. The van der Waals surface area contributed by atoms with Crippen LogP contribution in [-0.4, -0.2) is 25.7 Å². The summed E-state index contributed by atoms with van der Waals surface area (Å²) >= 11 is 0. The highest BCUT2D eigenvalue weighted by Gasteiger charge is 2.02. The largest absolute Gasteiger partial charge is 0.433 e. The predicted molar refractivity (Wildman–Crippen MR) is 40.4 cm³/mol. The zero-order valence-electron chi connectivity index (χ0n) is 5.72. The molecule has 0 aliphatic carbocycles. The summed E-state index contributed by atoms with van der Waals surface area (Å²) in [6, 6.07) is 0. The SMILES string of the molecule is [B]C(=O)NC(=C)NB(C)O. The van der Waals surface area contributed by atoms with E-state index in [2.05, 4.69) is 17.1 Å². The molecule has 0 unspecified atom stereocenters. The zero-order chi connectivity index (χ0) is 8.15. The first kappa shape index (κ1) is 9.10. The molecular formula is C4H8B2N2O2. The first-order valence-corrected chi connectivity index (χ1v) is 2.72. The second kappa shape index (κ2) is 4.00. The van der Waals surface area contributed by atoms with E-state index in [1.54, 1.807) is 0 Å². The summed E-state index contributed by atoms with van der Waals surface area (Å²) < 4.78 is 0. The molecule has 0 fully saturated rings. The van der Waals surface area contributed by atoms with Crippen molar-refractivity contribution >= 4 is 20.7 Å². The first-order chi connectivity index (χ1) is 4.52. The number of nitrogens with one attached hydrogen (secondary N) is 2. The van der Waals surface area contributed by atoms with Crippen LogP contribution in [0.15, 0.2) is 12.4 Å². The van der Waals surface area contributed by atoms with Crippen molar-refractivity contribution in [3.8, 4) is 0 Å². The fraction of sp³-hybridized carbons (Fsp3) is 0.250. The number of carbonyl (C=O) groups is 1. The van der Waals surface area contributed by atoms with Crippen molar-refractivity contribution < 1.29 is 9.82 Å². The van der Waals surface area contributed by atoms with Crippen LogP contribution >= 0.6 is 0 Å². The van der Waals surface area contributed by atoms with Crippen LogP contribution in [0.5, 0.6) is 0 Å². The Morgan fingerprint density at radius 1 is 1.80 bits per heavy atom. The van der Waals surface area contributed by atoms with Crippen LogP contribution in [0, 0.1) is 0 Å². The number of hydrogen-bond acceptors (Lipinski definition) is 3. The summed E-state index contributed by atoms with van der Waals surface area (Å²) in [4.78, 5) is 10.1. The van der Waals surface area contributed by atoms with Crippen molar-refractivity contribution in [3.05, 3.63) is 12.4 Å². The van der Waals surface area contributed by atoms with Crippen molar-refractivity contribution in [2.24, 2.45) is 0 Å². The van der Waals surface area contributed by atoms with Crippen molar-refractivity contribution in [2.75, 3.05) is 0 Å². The Bertz CT molecular complexity index is 148. The molecule has 0 aromatic rings. The summed E-state index contributed by atoms with van der Waals surface area (Å²) in [5.74, 6) is -0.527. The highest BCUT2D eigenvalue weighted by atomic mass is 16.2. The fourth-order valence-electron chi connectivity index (χ4n) is 0.437. The van der Waals surface area contributed by atoms with E-state index in [0.29, 0.717) is 0 Å². The molecule has 0 atom stereocenters. The lowest BCUT2D eigenvalue weighted by atomic mass is 9.89. The van der Waals surface area contributed by atoms with Crippen LogP contribution in [0.2, 0.25) is 6.82 Å². The van der Waals surface area contributed by atoms with Gasteiger partial charge in [-0.2, -0.15) is 0 Å². The highest BCUT2D eigenvalue weighted by Crippen LogP contribution is 1.77. The smallest absolute Gasteiger partial charge is 0.407 e. The van der Waals surface area contributed by atoms with Crippen LogP contribution in [0.3, 0.4) is 0 Å². The van der Waals surface area contributed by atoms with Crippen LogP contribution < -0.4 is 10.5 Å². The van der Waals surface area contributed by atoms with Gasteiger partial charge in [-0.05, 0) is 6.82 Å². The summed E-state index contributed by atoms with van der Waals surface area (Å²) in [6.07, 6.45) is 0. The van der Waals surface area contributed by atoms with Crippen LogP contribution in [0.1, 0.15) is 0 Å². The number of hydrogen-bond donors (Lipinski definition) is 3. The second-order valence-corrected chi connectivity index (χ2v) is 1.79. The summed E-state index contributed by atoms with van der Waals surface area (Å²) in [6.45, 7) is 4.85. The topological polar surface area (TPSA) is 61.4 Å². The van der Waals surface area contributed by atoms with Gasteiger partial charge in [-0.1, -0.05) is 6.58 Å². The van der Waals surface area contributed by atoms with Gasteiger partial charge in [-0.3, -0.25) is 4.79 Å². The summed E-state index contributed by atoms with van der Waals surface area (Å²) in [5, 5.41) is 13.2. The molecule has 1 amide bonds. The molecule has 0 aromatic carbocycles. The van der Waals surface area contributed by atoms with Crippen molar-refractivity contribution in [3.63, 3.8) is 0 Å². The van der Waals surface area contributed by atoms with Gasteiger partial charge >= 0.3 is 7.05 Å². The van der Waals surface area contributed by atoms with Gasteiger partial charge < -0.3 is 15.6 Å². The first-order valence-electron chi connectivity index (χ1n) is 2.72. The fourth-order valence-corrected chi connectivity index (χ4v) is 0.437. The Balaban J connectivity index is 3.54.